The quantitative estimate of drug-likeness (QED) is 0.619. The number of rotatable bonds is 4. The maximum atomic E-state index is 11.0. The standard InChI is InChI=1S/C6H11NO3S/c1-3-10-6(5-7)11(8,9)4-2/h6H,3-4H2,1-2H3. The van der Waals surface area contributed by atoms with Gasteiger partial charge in [-0.05, 0) is 6.92 Å². The van der Waals surface area contributed by atoms with E-state index in [4.69, 9.17) is 10.00 Å². The fourth-order valence-electron chi connectivity index (χ4n) is 0.524. The summed E-state index contributed by atoms with van der Waals surface area (Å²) in [7, 11) is -3.36. The Hall–Kier alpha value is -0.600. The molecule has 0 saturated carbocycles. The van der Waals surface area contributed by atoms with Crippen molar-refractivity contribution in [2.45, 2.75) is 19.3 Å². The van der Waals surface area contributed by atoms with Crippen molar-refractivity contribution < 1.29 is 13.2 Å². The van der Waals surface area contributed by atoms with Gasteiger partial charge in [-0.3, -0.25) is 0 Å². The smallest absolute Gasteiger partial charge is 0.245 e. The summed E-state index contributed by atoms with van der Waals surface area (Å²) in [5.41, 5.74) is -1.29. The van der Waals surface area contributed by atoms with Crippen molar-refractivity contribution in [1.82, 2.24) is 0 Å². The fourth-order valence-corrected chi connectivity index (χ4v) is 1.33. The van der Waals surface area contributed by atoms with Crippen molar-refractivity contribution in [3.8, 4) is 6.07 Å². The molecule has 0 aliphatic heterocycles. The minimum Gasteiger partial charge on any atom is -0.350 e. The van der Waals surface area contributed by atoms with E-state index in [9.17, 15) is 8.42 Å². The van der Waals surface area contributed by atoms with Crippen LogP contribution in [0.1, 0.15) is 13.8 Å². The predicted molar refractivity (Wildman–Crippen MR) is 40.5 cm³/mol. The average molecular weight is 177 g/mol. The SMILES string of the molecule is CCOC(C#N)S(=O)(=O)CC. The first-order valence-electron chi connectivity index (χ1n) is 3.31. The van der Waals surface area contributed by atoms with Crippen molar-refractivity contribution in [1.29, 1.82) is 5.26 Å². The lowest BCUT2D eigenvalue weighted by atomic mass is 10.8. The van der Waals surface area contributed by atoms with E-state index < -0.39 is 15.3 Å². The molecule has 1 atom stereocenters. The van der Waals surface area contributed by atoms with Crippen LogP contribution in [0, 0.1) is 11.3 Å². The van der Waals surface area contributed by atoms with E-state index in [2.05, 4.69) is 0 Å². The summed E-state index contributed by atoms with van der Waals surface area (Å²) in [4.78, 5) is 0. The Morgan fingerprint density at radius 2 is 2.09 bits per heavy atom. The normalized spacial score (nSPS) is 13.9. The zero-order chi connectivity index (χ0) is 8.91. The molecule has 5 heteroatoms. The second-order valence-electron chi connectivity index (χ2n) is 1.87. The van der Waals surface area contributed by atoms with Gasteiger partial charge in [0.15, 0.2) is 9.84 Å². The number of sulfone groups is 1. The molecule has 0 aliphatic rings. The van der Waals surface area contributed by atoms with E-state index in [0.717, 1.165) is 0 Å². The molecule has 0 fully saturated rings. The molecule has 0 saturated heterocycles. The van der Waals surface area contributed by atoms with Crippen molar-refractivity contribution in [3.63, 3.8) is 0 Å². The molecule has 0 bridgehead atoms. The predicted octanol–water partition coefficient (Wildman–Crippen LogP) is 0.307. The molecule has 64 valence electrons. The Morgan fingerprint density at radius 3 is 2.36 bits per heavy atom. The van der Waals surface area contributed by atoms with Crippen LogP contribution >= 0.6 is 0 Å². The summed E-state index contributed by atoms with van der Waals surface area (Å²) < 4.78 is 26.6. The third-order valence-corrected chi connectivity index (χ3v) is 2.85. The Balaban J connectivity index is 4.41. The molecule has 0 aromatic rings. The van der Waals surface area contributed by atoms with Gasteiger partial charge in [0.1, 0.15) is 6.07 Å². The number of nitriles is 1. The van der Waals surface area contributed by atoms with Gasteiger partial charge >= 0.3 is 0 Å². The van der Waals surface area contributed by atoms with Gasteiger partial charge in [0, 0.05) is 6.61 Å². The second kappa shape index (κ2) is 4.31. The lowest BCUT2D eigenvalue weighted by Crippen LogP contribution is -2.24. The van der Waals surface area contributed by atoms with Crippen molar-refractivity contribution in [3.05, 3.63) is 0 Å². The summed E-state index contributed by atoms with van der Waals surface area (Å²) in [5.74, 6) is -0.0643. The highest BCUT2D eigenvalue weighted by Gasteiger charge is 2.22. The van der Waals surface area contributed by atoms with Crippen LogP contribution in [0.3, 0.4) is 0 Å². The minimum atomic E-state index is -3.36. The van der Waals surface area contributed by atoms with Crippen molar-refractivity contribution >= 4 is 9.84 Å². The first-order valence-corrected chi connectivity index (χ1v) is 5.02. The molecule has 0 heterocycles. The monoisotopic (exact) mass is 177 g/mol. The van der Waals surface area contributed by atoms with Gasteiger partial charge in [-0.2, -0.15) is 5.26 Å². The van der Waals surface area contributed by atoms with Crippen LogP contribution in [0.5, 0.6) is 0 Å². The van der Waals surface area contributed by atoms with Crippen LogP contribution in [-0.2, 0) is 14.6 Å². The second-order valence-corrected chi connectivity index (χ2v) is 4.20. The first-order chi connectivity index (χ1) is 5.08. The van der Waals surface area contributed by atoms with Crippen LogP contribution in [0.15, 0.2) is 0 Å². The Morgan fingerprint density at radius 1 is 1.55 bits per heavy atom. The molecule has 0 amide bonds. The van der Waals surface area contributed by atoms with Gasteiger partial charge in [0.05, 0.1) is 5.75 Å². The van der Waals surface area contributed by atoms with Crippen LogP contribution < -0.4 is 0 Å². The van der Waals surface area contributed by atoms with Gasteiger partial charge in [-0.15, -0.1) is 0 Å². The van der Waals surface area contributed by atoms with Crippen LogP contribution in [0.25, 0.3) is 0 Å². The molecule has 0 spiro atoms. The summed E-state index contributed by atoms with van der Waals surface area (Å²) in [6.07, 6.45) is 0. The molecule has 0 aliphatic carbocycles. The Labute approximate surface area is 66.7 Å². The van der Waals surface area contributed by atoms with Crippen molar-refractivity contribution in [2.75, 3.05) is 12.4 Å². The number of ether oxygens (including phenoxy) is 1. The van der Waals surface area contributed by atoms with E-state index in [1.54, 1.807) is 13.0 Å². The lowest BCUT2D eigenvalue weighted by molar-refractivity contribution is 0.151. The zero-order valence-corrected chi connectivity index (χ0v) is 7.39. The van der Waals surface area contributed by atoms with Gasteiger partial charge in [0.25, 0.3) is 0 Å². The summed E-state index contributed by atoms with van der Waals surface area (Å²) in [6, 6.07) is 1.58. The number of hydrogen-bond acceptors (Lipinski definition) is 4. The molecular weight excluding hydrogens is 166 g/mol. The maximum absolute atomic E-state index is 11.0. The molecule has 4 nitrogen and oxygen atoms in total. The highest BCUT2D eigenvalue weighted by Crippen LogP contribution is 2.02. The lowest BCUT2D eigenvalue weighted by Gasteiger charge is -2.07. The highest BCUT2D eigenvalue weighted by atomic mass is 32.2. The molecule has 0 N–H and O–H groups in total. The van der Waals surface area contributed by atoms with E-state index in [0.29, 0.717) is 0 Å². The molecule has 0 aromatic heterocycles. The molecule has 0 aromatic carbocycles. The minimum absolute atomic E-state index is 0.0643. The Kier molecular flexibility index (Phi) is 4.08. The third-order valence-electron chi connectivity index (χ3n) is 1.15. The van der Waals surface area contributed by atoms with Crippen LogP contribution in [-0.4, -0.2) is 26.2 Å². The van der Waals surface area contributed by atoms with Crippen LogP contribution in [0.2, 0.25) is 0 Å². The zero-order valence-electron chi connectivity index (χ0n) is 6.57. The van der Waals surface area contributed by atoms with Crippen LogP contribution in [0.4, 0.5) is 0 Å². The third kappa shape index (κ3) is 2.87. The molecule has 0 radical (unpaired) electrons. The number of nitrogens with zero attached hydrogens (tertiary/aromatic N) is 1. The van der Waals surface area contributed by atoms with E-state index >= 15 is 0 Å². The van der Waals surface area contributed by atoms with E-state index in [1.807, 2.05) is 0 Å². The largest absolute Gasteiger partial charge is 0.350 e. The summed E-state index contributed by atoms with van der Waals surface area (Å²) >= 11 is 0. The average Bonchev–Trinajstić information content (AvgIpc) is 2.00. The first kappa shape index (κ1) is 10.4. The molecular formula is C6H11NO3S. The maximum Gasteiger partial charge on any atom is 0.245 e. The van der Waals surface area contributed by atoms with Crippen molar-refractivity contribution in [2.24, 2.45) is 0 Å². The van der Waals surface area contributed by atoms with Gasteiger partial charge < -0.3 is 4.74 Å². The molecule has 0 rings (SSSR count). The highest BCUT2D eigenvalue weighted by molar-refractivity contribution is 7.92. The van der Waals surface area contributed by atoms with Gasteiger partial charge in [0.2, 0.25) is 5.44 Å². The van der Waals surface area contributed by atoms with E-state index in [1.165, 1.54) is 6.92 Å². The van der Waals surface area contributed by atoms with E-state index in [-0.39, 0.29) is 12.4 Å². The Bertz CT molecular complexity index is 239. The topological polar surface area (TPSA) is 67.2 Å². The molecule has 11 heavy (non-hydrogen) atoms. The fraction of sp³-hybridized carbons (Fsp3) is 0.833. The van der Waals surface area contributed by atoms with Gasteiger partial charge in [-0.1, -0.05) is 6.92 Å². The summed E-state index contributed by atoms with van der Waals surface area (Å²) in [5, 5.41) is 8.37. The van der Waals surface area contributed by atoms with Gasteiger partial charge in [-0.25, -0.2) is 8.42 Å². The summed E-state index contributed by atoms with van der Waals surface area (Å²) in [6.45, 7) is 3.37. The molecule has 1 unspecified atom stereocenters. The number of hydrogen-bond donors (Lipinski definition) is 0.